The van der Waals surface area contributed by atoms with Crippen LogP contribution in [0.25, 0.3) is 0 Å². The summed E-state index contributed by atoms with van der Waals surface area (Å²) in [6.45, 7) is 0. The van der Waals surface area contributed by atoms with E-state index in [-0.39, 0.29) is 10.5 Å². The van der Waals surface area contributed by atoms with Crippen LogP contribution in [0.5, 0.6) is 5.75 Å². The molecule has 1 aliphatic carbocycles. The van der Waals surface area contributed by atoms with Crippen molar-refractivity contribution in [1.82, 2.24) is 0 Å². The minimum absolute atomic E-state index is 0.0821. The normalized spacial score (nSPS) is 13.5. The van der Waals surface area contributed by atoms with Crippen molar-refractivity contribution in [3.63, 3.8) is 0 Å². The Morgan fingerprint density at radius 2 is 1.81 bits per heavy atom. The van der Waals surface area contributed by atoms with Crippen LogP contribution in [0.3, 0.4) is 0 Å². The van der Waals surface area contributed by atoms with E-state index in [9.17, 15) is 8.42 Å². The van der Waals surface area contributed by atoms with Crippen molar-refractivity contribution in [2.24, 2.45) is 0 Å². The summed E-state index contributed by atoms with van der Waals surface area (Å²) in [6.07, 6.45) is 3.06. The van der Waals surface area contributed by atoms with Gasteiger partial charge in [0.25, 0.3) is 0 Å². The molecule has 0 bridgehead atoms. The predicted octanol–water partition coefficient (Wildman–Crippen LogP) is 2.81. The van der Waals surface area contributed by atoms with Crippen LogP contribution in [0.4, 0.5) is 0 Å². The van der Waals surface area contributed by atoms with E-state index in [1.54, 1.807) is 24.3 Å². The zero-order valence-electron chi connectivity index (χ0n) is 11.2. The minimum atomic E-state index is -4.00. The standard InChI is InChI=1S/C16H13NO3S/c17-11-14-4-1-2-7-16(14)21(18,19)20-15-9-8-12-5-3-6-13(12)10-15/h1-2,4,7-10H,3,5-6H2. The van der Waals surface area contributed by atoms with Crippen molar-refractivity contribution in [3.8, 4) is 11.8 Å². The van der Waals surface area contributed by atoms with E-state index in [1.165, 1.54) is 17.7 Å². The van der Waals surface area contributed by atoms with Gasteiger partial charge in [-0.05, 0) is 54.7 Å². The molecular formula is C16H13NO3S. The molecule has 0 aromatic heterocycles. The van der Waals surface area contributed by atoms with Crippen molar-refractivity contribution < 1.29 is 12.6 Å². The number of nitriles is 1. The van der Waals surface area contributed by atoms with Crippen molar-refractivity contribution >= 4 is 10.1 Å². The van der Waals surface area contributed by atoms with Crippen LogP contribution in [0.15, 0.2) is 47.4 Å². The first-order valence-corrected chi connectivity index (χ1v) is 8.06. The molecule has 0 amide bonds. The Bertz CT molecular complexity index is 835. The summed E-state index contributed by atoms with van der Waals surface area (Å²) in [5.41, 5.74) is 2.46. The molecule has 0 heterocycles. The summed E-state index contributed by atoms with van der Waals surface area (Å²) in [4.78, 5) is -0.104. The molecule has 0 saturated carbocycles. The molecule has 0 N–H and O–H groups in total. The van der Waals surface area contributed by atoms with Crippen molar-refractivity contribution in [2.75, 3.05) is 0 Å². The number of hydrogen-bond acceptors (Lipinski definition) is 4. The first-order chi connectivity index (χ1) is 10.1. The van der Waals surface area contributed by atoms with Gasteiger partial charge in [0.2, 0.25) is 0 Å². The number of hydrogen-bond donors (Lipinski definition) is 0. The lowest BCUT2D eigenvalue weighted by Crippen LogP contribution is -2.11. The quantitative estimate of drug-likeness (QED) is 0.817. The van der Waals surface area contributed by atoms with E-state index in [0.717, 1.165) is 24.8 Å². The van der Waals surface area contributed by atoms with Crippen LogP contribution in [-0.4, -0.2) is 8.42 Å². The molecule has 4 nitrogen and oxygen atoms in total. The molecule has 106 valence electrons. The molecule has 0 radical (unpaired) electrons. The first kappa shape index (κ1) is 13.7. The van der Waals surface area contributed by atoms with E-state index in [1.807, 2.05) is 12.1 Å². The fraction of sp³-hybridized carbons (Fsp3) is 0.188. The minimum Gasteiger partial charge on any atom is -0.379 e. The van der Waals surface area contributed by atoms with E-state index in [4.69, 9.17) is 9.44 Å². The van der Waals surface area contributed by atoms with Crippen molar-refractivity contribution in [2.45, 2.75) is 24.2 Å². The van der Waals surface area contributed by atoms with E-state index < -0.39 is 10.1 Å². The lowest BCUT2D eigenvalue weighted by atomic mass is 10.1. The fourth-order valence-electron chi connectivity index (χ4n) is 2.55. The highest BCUT2D eigenvalue weighted by Gasteiger charge is 2.21. The zero-order valence-corrected chi connectivity index (χ0v) is 12.1. The summed E-state index contributed by atoms with van der Waals surface area (Å²) in [6, 6.07) is 13.2. The molecule has 0 aliphatic heterocycles. The molecule has 0 unspecified atom stereocenters. The van der Waals surface area contributed by atoms with Gasteiger partial charge in [-0.3, -0.25) is 0 Å². The van der Waals surface area contributed by atoms with Crippen LogP contribution >= 0.6 is 0 Å². The monoisotopic (exact) mass is 299 g/mol. The highest BCUT2D eigenvalue weighted by Crippen LogP contribution is 2.28. The lowest BCUT2D eigenvalue weighted by Gasteiger charge is -2.09. The maximum Gasteiger partial charge on any atom is 0.340 e. The van der Waals surface area contributed by atoms with Crippen LogP contribution in [0, 0.1) is 11.3 Å². The lowest BCUT2D eigenvalue weighted by molar-refractivity contribution is 0.485. The van der Waals surface area contributed by atoms with Crippen LogP contribution in [0.1, 0.15) is 23.1 Å². The fourth-order valence-corrected chi connectivity index (χ4v) is 3.62. The SMILES string of the molecule is N#Cc1ccccc1S(=O)(=O)Oc1ccc2c(c1)CCC2. The Hall–Kier alpha value is -2.32. The zero-order chi connectivity index (χ0) is 14.9. The number of nitrogens with zero attached hydrogens (tertiary/aromatic N) is 1. The van der Waals surface area contributed by atoms with Crippen molar-refractivity contribution in [1.29, 1.82) is 5.26 Å². The Morgan fingerprint density at radius 1 is 1.05 bits per heavy atom. The van der Waals surface area contributed by atoms with Gasteiger partial charge >= 0.3 is 10.1 Å². The molecular weight excluding hydrogens is 286 g/mol. The topological polar surface area (TPSA) is 67.2 Å². The summed E-state index contributed by atoms with van der Waals surface area (Å²) < 4.78 is 29.8. The Kier molecular flexibility index (Phi) is 3.40. The summed E-state index contributed by atoms with van der Waals surface area (Å²) in [7, 11) is -4.00. The number of fused-ring (bicyclic) bond motifs is 1. The molecule has 3 rings (SSSR count). The summed E-state index contributed by atoms with van der Waals surface area (Å²) in [5.74, 6) is 0.295. The molecule has 2 aromatic rings. The van der Waals surface area contributed by atoms with Gasteiger partial charge in [0.15, 0.2) is 0 Å². The van der Waals surface area contributed by atoms with Gasteiger partial charge in [0.1, 0.15) is 16.7 Å². The van der Waals surface area contributed by atoms with Crippen LogP contribution < -0.4 is 4.18 Å². The molecule has 0 spiro atoms. The van der Waals surface area contributed by atoms with Gasteiger partial charge in [-0.1, -0.05) is 18.2 Å². The molecule has 0 saturated heterocycles. The van der Waals surface area contributed by atoms with Gasteiger partial charge in [-0.15, -0.1) is 0 Å². The molecule has 1 aliphatic rings. The van der Waals surface area contributed by atoms with Gasteiger partial charge in [0, 0.05) is 0 Å². The van der Waals surface area contributed by atoms with Gasteiger partial charge in [-0.25, -0.2) is 0 Å². The number of aryl methyl sites for hydroxylation is 2. The van der Waals surface area contributed by atoms with Crippen LogP contribution in [-0.2, 0) is 23.0 Å². The molecule has 0 atom stereocenters. The van der Waals surface area contributed by atoms with E-state index in [0.29, 0.717) is 5.75 Å². The predicted molar refractivity (Wildman–Crippen MR) is 77.4 cm³/mol. The number of rotatable bonds is 3. The number of benzene rings is 2. The third kappa shape index (κ3) is 2.63. The largest absolute Gasteiger partial charge is 0.379 e. The second kappa shape index (κ2) is 5.23. The average Bonchev–Trinajstić information content (AvgIpc) is 2.94. The van der Waals surface area contributed by atoms with Gasteiger partial charge in [0.05, 0.1) is 5.56 Å². The maximum absolute atomic E-state index is 12.3. The van der Waals surface area contributed by atoms with Crippen molar-refractivity contribution in [3.05, 3.63) is 59.2 Å². The molecule has 21 heavy (non-hydrogen) atoms. The third-order valence-electron chi connectivity index (χ3n) is 3.55. The maximum atomic E-state index is 12.3. The molecule has 0 fully saturated rings. The Balaban J connectivity index is 1.95. The van der Waals surface area contributed by atoms with Gasteiger partial charge < -0.3 is 4.18 Å². The third-order valence-corrected chi connectivity index (χ3v) is 4.86. The molecule has 5 heteroatoms. The summed E-state index contributed by atoms with van der Waals surface area (Å²) >= 11 is 0. The highest BCUT2D eigenvalue weighted by atomic mass is 32.2. The van der Waals surface area contributed by atoms with E-state index in [2.05, 4.69) is 0 Å². The second-order valence-electron chi connectivity index (χ2n) is 4.93. The van der Waals surface area contributed by atoms with E-state index >= 15 is 0 Å². The Morgan fingerprint density at radius 3 is 2.62 bits per heavy atom. The van der Waals surface area contributed by atoms with Crippen LogP contribution in [0.2, 0.25) is 0 Å². The summed E-state index contributed by atoms with van der Waals surface area (Å²) in [5, 5.41) is 9.00. The molecule has 2 aromatic carbocycles. The average molecular weight is 299 g/mol. The first-order valence-electron chi connectivity index (χ1n) is 6.65. The second-order valence-corrected chi connectivity index (χ2v) is 6.44. The smallest absolute Gasteiger partial charge is 0.340 e. The van der Waals surface area contributed by atoms with Gasteiger partial charge in [-0.2, -0.15) is 13.7 Å². The Labute approximate surface area is 123 Å². The highest BCUT2D eigenvalue weighted by molar-refractivity contribution is 7.87.